The van der Waals surface area contributed by atoms with E-state index in [4.69, 9.17) is 11.6 Å². The molecule has 6 nitrogen and oxygen atoms in total. The normalized spacial score (nSPS) is 19.2. The summed E-state index contributed by atoms with van der Waals surface area (Å²) < 4.78 is 67.2. The van der Waals surface area contributed by atoms with E-state index >= 15 is 0 Å². The Morgan fingerprint density at radius 3 is 2.41 bits per heavy atom. The summed E-state index contributed by atoms with van der Waals surface area (Å²) in [4.78, 5) is 16.8. The Hall–Kier alpha value is -2.95. The Morgan fingerprint density at radius 2 is 1.76 bits per heavy atom. The molecule has 1 aliphatic heterocycles. The van der Waals surface area contributed by atoms with Crippen LogP contribution in [0.2, 0.25) is 5.02 Å². The lowest BCUT2D eigenvalue weighted by Gasteiger charge is -2.21. The first-order valence-corrected chi connectivity index (χ1v) is 12.0. The molecule has 4 rings (SSSR count). The molecule has 1 aliphatic rings. The molecule has 0 saturated carbocycles. The van der Waals surface area contributed by atoms with Crippen molar-refractivity contribution in [2.45, 2.75) is 23.0 Å². The lowest BCUT2D eigenvalue weighted by molar-refractivity contribution is -0.137. The fourth-order valence-corrected chi connectivity index (χ4v) is 5.74. The number of benzene rings is 2. The van der Waals surface area contributed by atoms with E-state index in [0.717, 1.165) is 17.7 Å². The predicted molar refractivity (Wildman–Crippen MR) is 120 cm³/mol. The molecule has 0 aliphatic carbocycles. The van der Waals surface area contributed by atoms with Gasteiger partial charge in [-0.3, -0.25) is 9.78 Å². The Labute approximate surface area is 199 Å². The molecule has 1 amide bonds. The Balaban J connectivity index is 1.65. The van der Waals surface area contributed by atoms with Crippen molar-refractivity contribution >= 4 is 27.5 Å². The highest BCUT2D eigenvalue weighted by Gasteiger charge is 2.41. The quantitative estimate of drug-likeness (QED) is 0.555. The van der Waals surface area contributed by atoms with E-state index in [9.17, 15) is 26.4 Å². The second kappa shape index (κ2) is 9.36. The number of halogens is 4. The zero-order valence-corrected chi connectivity index (χ0v) is 19.1. The zero-order valence-electron chi connectivity index (χ0n) is 17.5. The van der Waals surface area contributed by atoms with Crippen molar-refractivity contribution in [3.8, 4) is 0 Å². The number of nitrogens with one attached hydrogen (secondary N) is 1. The standard InChI is InChI=1S/C23H19ClF3N3O3S/c24-21-17(9-4-10-19(21)23(25,26)27)22(31)29-20-14-30(13-18(20)15-6-2-1-3-7-15)34(32,33)16-8-5-11-28-12-16/h1-12,18,20H,13-14H2,(H,29,31)/t18-,20+/m0/s1. The number of amides is 1. The lowest BCUT2D eigenvalue weighted by Crippen LogP contribution is -2.40. The van der Waals surface area contributed by atoms with Gasteiger partial charge in [0, 0.05) is 31.4 Å². The van der Waals surface area contributed by atoms with Crippen molar-refractivity contribution in [3.63, 3.8) is 0 Å². The van der Waals surface area contributed by atoms with Gasteiger partial charge in [0.1, 0.15) is 4.90 Å². The van der Waals surface area contributed by atoms with Crippen LogP contribution < -0.4 is 5.32 Å². The summed E-state index contributed by atoms with van der Waals surface area (Å²) >= 11 is 5.91. The second-order valence-electron chi connectivity index (χ2n) is 7.77. The number of nitrogens with zero attached hydrogens (tertiary/aromatic N) is 2. The minimum atomic E-state index is -4.72. The first-order valence-electron chi connectivity index (χ1n) is 10.2. The lowest BCUT2D eigenvalue weighted by atomic mass is 9.94. The average molecular weight is 510 g/mol. The number of hydrogen-bond donors (Lipinski definition) is 1. The number of carbonyl (C=O) groups excluding carboxylic acids is 1. The summed E-state index contributed by atoms with van der Waals surface area (Å²) in [5.74, 6) is -1.25. The topological polar surface area (TPSA) is 79.4 Å². The molecule has 34 heavy (non-hydrogen) atoms. The largest absolute Gasteiger partial charge is 0.417 e. The van der Waals surface area contributed by atoms with Crippen LogP contribution in [0.3, 0.4) is 0 Å². The number of hydrogen-bond acceptors (Lipinski definition) is 4. The minimum Gasteiger partial charge on any atom is -0.347 e. The Kier molecular flexibility index (Phi) is 6.66. The van der Waals surface area contributed by atoms with Crippen LogP contribution >= 0.6 is 11.6 Å². The van der Waals surface area contributed by atoms with Gasteiger partial charge in [-0.2, -0.15) is 17.5 Å². The molecule has 3 aromatic rings. The van der Waals surface area contributed by atoms with E-state index in [0.29, 0.717) is 0 Å². The van der Waals surface area contributed by atoms with Gasteiger partial charge >= 0.3 is 6.18 Å². The van der Waals surface area contributed by atoms with Crippen LogP contribution in [0.1, 0.15) is 27.4 Å². The van der Waals surface area contributed by atoms with Gasteiger partial charge in [0.25, 0.3) is 5.91 Å². The fourth-order valence-electron chi connectivity index (χ4n) is 3.97. The van der Waals surface area contributed by atoms with Gasteiger partial charge in [0.15, 0.2) is 0 Å². The van der Waals surface area contributed by atoms with Gasteiger partial charge in [-0.05, 0) is 29.8 Å². The third-order valence-corrected chi connectivity index (χ3v) is 7.87. The van der Waals surface area contributed by atoms with Gasteiger partial charge in [-0.1, -0.05) is 48.0 Å². The number of aromatic nitrogens is 1. The summed E-state index contributed by atoms with van der Waals surface area (Å²) in [5, 5.41) is 2.00. The minimum absolute atomic E-state index is 0.00899. The molecule has 2 heterocycles. The van der Waals surface area contributed by atoms with Crippen LogP contribution in [0, 0.1) is 0 Å². The van der Waals surface area contributed by atoms with Crippen molar-refractivity contribution in [3.05, 3.63) is 94.8 Å². The monoisotopic (exact) mass is 509 g/mol. The van der Waals surface area contributed by atoms with Gasteiger partial charge in [0.2, 0.25) is 10.0 Å². The van der Waals surface area contributed by atoms with Crippen molar-refractivity contribution in [1.82, 2.24) is 14.6 Å². The molecule has 1 N–H and O–H groups in total. The molecular weight excluding hydrogens is 491 g/mol. The second-order valence-corrected chi connectivity index (χ2v) is 10.1. The molecule has 2 aromatic carbocycles. The number of sulfonamides is 1. The van der Waals surface area contributed by atoms with Crippen molar-refractivity contribution in [2.75, 3.05) is 13.1 Å². The highest BCUT2D eigenvalue weighted by molar-refractivity contribution is 7.89. The number of pyridine rings is 1. The third-order valence-electron chi connectivity index (χ3n) is 5.65. The van der Waals surface area contributed by atoms with Crippen LogP contribution in [-0.2, 0) is 16.2 Å². The van der Waals surface area contributed by atoms with Crippen molar-refractivity contribution in [1.29, 1.82) is 0 Å². The molecule has 0 spiro atoms. The van der Waals surface area contributed by atoms with Crippen LogP contribution in [0.5, 0.6) is 0 Å². The predicted octanol–water partition coefficient (Wildman–Crippen LogP) is 4.34. The fraction of sp³-hybridized carbons (Fsp3) is 0.217. The van der Waals surface area contributed by atoms with E-state index in [-0.39, 0.29) is 23.5 Å². The molecule has 0 radical (unpaired) electrons. The van der Waals surface area contributed by atoms with Crippen LogP contribution in [0.4, 0.5) is 13.2 Å². The molecular formula is C23H19ClF3N3O3S. The van der Waals surface area contributed by atoms with Gasteiger partial charge < -0.3 is 5.32 Å². The molecule has 11 heteroatoms. The van der Waals surface area contributed by atoms with E-state index in [1.54, 1.807) is 30.3 Å². The van der Waals surface area contributed by atoms with Crippen molar-refractivity contribution < 1.29 is 26.4 Å². The van der Waals surface area contributed by atoms with Crippen molar-refractivity contribution in [2.24, 2.45) is 0 Å². The summed E-state index contributed by atoms with van der Waals surface area (Å²) in [6.07, 6.45) is -2.03. The third kappa shape index (κ3) is 4.79. The molecule has 1 fully saturated rings. The average Bonchev–Trinajstić information content (AvgIpc) is 3.24. The van der Waals surface area contributed by atoms with E-state index in [1.165, 1.54) is 34.9 Å². The molecule has 2 atom stereocenters. The van der Waals surface area contributed by atoms with E-state index in [1.807, 2.05) is 0 Å². The van der Waals surface area contributed by atoms with Gasteiger partial charge in [-0.25, -0.2) is 8.42 Å². The van der Waals surface area contributed by atoms with Gasteiger partial charge in [-0.15, -0.1) is 0 Å². The molecule has 1 saturated heterocycles. The summed E-state index contributed by atoms with van der Waals surface area (Å²) in [7, 11) is -3.90. The Bertz CT molecular complexity index is 1290. The highest BCUT2D eigenvalue weighted by atomic mass is 35.5. The van der Waals surface area contributed by atoms with Gasteiger partial charge in [0.05, 0.1) is 22.2 Å². The first-order chi connectivity index (χ1) is 16.1. The maximum atomic E-state index is 13.2. The maximum absolute atomic E-state index is 13.2. The molecule has 178 valence electrons. The number of carbonyl (C=O) groups is 1. The number of rotatable bonds is 5. The number of alkyl halides is 3. The van der Waals surface area contributed by atoms with Crippen LogP contribution in [0.15, 0.2) is 78.0 Å². The summed E-state index contributed by atoms with van der Waals surface area (Å²) in [6, 6.07) is 14.3. The smallest absolute Gasteiger partial charge is 0.347 e. The SMILES string of the molecule is O=C(N[C@@H]1CN(S(=O)(=O)c2cccnc2)C[C@H]1c1ccccc1)c1cccc(C(F)(F)F)c1Cl. The Morgan fingerprint density at radius 1 is 1.03 bits per heavy atom. The molecule has 1 aromatic heterocycles. The summed E-state index contributed by atoms with van der Waals surface area (Å²) in [6.45, 7) is 0.00161. The molecule has 0 bridgehead atoms. The first kappa shape index (κ1) is 24.2. The maximum Gasteiger partial charge on any atom is 0.417 e. The summed E-state index contributed by atoms with van der Waals surface area (Å²) in [5.41, 5.74) is -0.669. The van der Waals surface area contributed by atoms with E-state index < -0.39 is 44.7 Å². The van der Waals surface area contributed by atoms with E-state index in [2.05, 4.69) is 10.3 Å². The van der Waals surface area contributed by atoms with Crippen LogP contribution in [-0.4, -0.2) is 42.7 Å². The van der Waals surface area contributed by atoms with Crippen LogP contribution in [0.25, 0.3) is 0 Å². The highest BCUT2D eigenvalue weighted by Crippen LogP contribution is 2.37. The zero-order chi connectivity index (χ0) is 24.5. The molecule has 0 unspecified atom stereocenters.